The molecule has 0 unspecified atom stereocenters. The van der Waals surface area contributed by atoms with E-state index in [4.69, 9.17) is 5.11 Å². The number of rotatable bonds is 6. The molecule has 0 saturated carbocycles. The number of hydrogen-bond donors (Lipinski definition) is 1. The molecule has 0 fully saturated rings. The van der Waals surface area contributed by atoms with Crippen LogP contribution in [0, 0.1) is 0 Å². The van der Waals surface area contributed by atoms with E-state index in [1.54, 1.807) is 11.8 Å². The summed E-state index contributed by atoms with van der Waals surface area (Å²) in [5.41, 5.74) is 2.61. The van der Waals surface area contributed by atoms with Crippen LogP contribution < -0.4 is 0 Å². The SMILES string of the molecule is C=C(CCSc1ccccc1-c1ccccc1)C(=O)O. The highest BCUT2D eigenvalue weighted by molar-refractivity contribution is 7.99. The lowest BCUT2D eigenvalue weighted by molar-refractivity contribution is -0.132. The summed E-state index contributed by atoms with van der Waals surface area (Å²) in [7, 11) is 0. The molecular formula is C17H16O2S. The smallest absolute Gasteiger partial charge is 0.330 e. The number of hydrogen-bond acceptors (Lipinski definition) is 2. The first-order valence-electron chi connectivity index (χ1n) is 6.37. The summed E-state index contributed by atoms with van der Waals surface area (Å²) in [6, 6.07) is 18.4. The van der Waals surface area contributed by atoms with Crippen LogP contribution >= 0.6 is 11.8 Å². The van der Waals surface area contributed by atoms with Gasteiger partial charge in [-0.1, -0.05) is 55.1 Å². The molecule has 0 amide bonds. The Labute approximate surface area is 123 Å². The lowest BCUT2D eigenvalue weighted by Gasteiger charge is -2.09. The Morgan fingerprint density at radius 2 is 1.70 bits per heavy atom. The van der Waals surface area contributed by atoms with Crippen molar-refractivity contribution in [3.05, 3.63) is 66.7 Å². The number of thioether (sulfide) groups is 1. The molecule has 0 spiro atoms. The Balaban J connectivity index is 2.09. The molecule has 0 atom stereocenters. The monoisotopic (exact) mass is 284 g/mol. The van der Waals surface area contributed by atoms with E-state index in [0.29, 0.717) is 6.42 Å². The van der Waals surface area contributed by atoms with Gasteiger partial charge < -0.3 is 5.11 Å². The van der Waals surface area contributed by atoms with Crippen molar-refractivity contribution in [3.63, 3.8) is 0 Å². The maximum Gasteiger partial charge on any atom is 0.330 e. The van der Waals surface area contributed by atoms with Gasteiger partial charge in [0.25, 0.3) is 0 Å². The Morgan fingerprint density at radius 3 is 2.40 bits per heavy atom. The van der Waals surface area contributed by atoms with E-state index in [-0.39, 0.29) is 5.57 Å². The summed E-state index contributed by atoms with van der Waals surface area (Å²) in [6.45, 7) is 3.55. The fourth-order valence-corrected chi connectivity index (χ4v) is 2.92. The number of carboxylic acids is 1. The van der Waals surface area contributed by atoms with Crippen LogP contribution in [-0.4, -0.2) is 16.8 Å². The number of aliphatic carboxylic acids is 1. The summed E-state index contributed by atoms with van der Waals surface area (Å²) in [5, 5.41) is 8.80. The summed E-state index contributed by atoms with van der Waals surface area (Å²) in [5.74, 6) is -0.198. The Kier molecular flexibility index (Phi) is 5.02. The molecule has 0 aliphatic rings. The van der Waals surface area contributed by atoms with Gasteiger partial charge in [0.2, 0.25) is 0 Å². The molecule has 102 valence electrons. The molecule has 2 aromatic rings. The van der Waals surface area contributed by atoms with Gasteiger partial charge >= 0.3 is 5.97 Å². The first-order chi connectivity index (χ1) is 9.68. The van der Waals surface area contributed by atoms with Gasteiger partial charge in [-0.2, -0.15) is 0 Å². The molecule has 0 aliphatic carbocycles. The predicted octanol–water partition coefficient (Wildman–Crippen LogP) is 4.48. The van der Waals surface area contributed by atoms with Crippen molar-refractivity contribution < 1.29 is 9.90 Å². The fourth-order valence-electron chi connectivity index (χ4n) is 1.84. The molecule has 2 nitrogen and oxygen atoms in total. The van der Waals surface area contributed by atoms with Crippen molar-refractivity contribution in [2.75, 3.05) is 5.75 Å². The molecule has 1 N–H and O–H groups in total. The van der Waals surface area contributed by atoms with Crippen LogP contribution in [0.2, 0.25) is 0 Å². The van der Waals surface area contributed by atoms with Crippen LogP contribution in [-0.2, 0) is 4.79 Å². The summed E-state index contributed by atoms with van der Waals surface area (Å²) in [4.78, 5) is 11.9. The molecule has 0 aliphatic heterocycles. The van der Waals surface area contributed by atoms with Crippen molar-refractivity contribution in [2.45, 2.75) is 11.3 Å². The molecule has 3 heteroatoms. The molecule has 0 bridgehead atoms. The van der Waals surface area contributed by atoms with Gasteiger partial charge in [0.15, 0.2) is 0 Å². The first-order valence-corrected chi connectivity index (χ1v) is 7.35. The number of carbonyl (C=O) groups is 1. The minimum absolute atomic E-state index is 0.259. The third-order valence-corrected chi connectivity index (χ3v) is 4.01. The van der Waals surface area contributed by atoms with Gasteiger partial charge in [-0.25, -0.2) is 4.79 Å². The van der Waals surface area contributed by atoms with Crippen LogP contribution in [0.5, 0.6) is 0 Å². The minimum Gasteiger partial charge on any atom is -0.478 e. The van der Waals surface area contributed by atoms with Crippen molar-refractivity contribution in [2.24, 2.45) is 0 Å². The van der Waals surface area contributed by atoms with E-state index >= 15 is 0 Å². The average Bonchev–Trinajstić information content (AvgIpc) is 2.48. The van der Waals surface area contributed by atoms with Gasteiger partial charge in [0.1, 0.15) is 0 Å². The Bertz CT molecular complexity index is 605. The normalized spacial score (nSPS) is 10.2. The van der Waals surface area contributed by atoms with Crippen molar-refractivity contribution in [1.82, 2.24) is 0 Å². The van der Waals surface area contributed by atoms with Crippen LogP contribution in [0.25, 0.3) is 11.1 Å². The van der Waals surface area contributed by atoms with Crippen LogP contribution in [0.3, 0.4) is 0 Å². The second-order valence-electron chi connectivity index (χ2n) is 4.37. The van der Waals surface area contributed by atoms with Crippen molar-refractivity contribution in [1.29, 1.82) is 0 Å². The van der Waals surface area contributed by atoms with E-state index in [1.807, 2.05) is 30.3 Å². The van der Waals surface area contributed by atoms with Crippen LogP contribution in [0.4, 0.5) is 0 Å². The topological polar surface area (TPSA) is 37.3 Å². The molecule has 0 radical (unpaired) electrons. The zero-order valence-electron chi connectivity index (χ0n) is 11.1. The first kappa shape index (κ1) is 14.4. The fraction of sp³-hybridized carbons (Fsp3) is 0.118. The third-order valence-electron chi connectivity index (χ3n) is 2.94. The summed E-state index contributed by atoms with van der Waals surface area (Å²) < 4.78 is 0. The molecule has 2 aromatic carbocycles. The van der Waals surface area contributed by atoms with Crippen LogP contribution in [0.15, 0.2) is 71.6 Å². The average molecular weight is 284 g/mol. The maximum absolute atomic E-state index is 10.7. The van der Waals surface area contributed by atoms with Gasteiger partial charge in [-0.3, -0.25) is 0 Å². The standard InChI is InChI=1S/C17H16O2S/c1-13(17(18)19)11-12-20-16-10-6-5-9-15(16)14-7-3-2-4-8-14/h2-10H,1,11-12H2,(H,18,19). The van der Waals surface area contributed by atoms with E-state index in [9.17, 15) is 4.79 Å². The van der Waals surface area contributed by atoms with E-state index in [0.717, 1.165) is 10.6 Å². The van der Waals surface area contributed by atoms with E-state index in [2.05, 4.69) is 30.8 Å². The highest BCUT2D eigenvalue weighted by Gasteiger charge is 2.07. The molecule has 20 heavy (non-hydrogen) atoms. The zero-order chi connectivity index (χ0) is 14.4. The van der Waals surface area contributed by atoms with Gasteiger partial charge in [-0.05, 0) is 23.6 Å². The van der Waals surface area contributed by atoms with Crippen molar-refractivity contribution in [3.8, 4) is 11.1 Å². The quantitative estimate of drug-likeness (QED) is 0.628. The second kappa shape index (κ2) is 6.96. The molecular weight excluding hydrogens is 268 g/mol. The summed E-state index contributed by atoms with van der Waals surface area (Å²) in [6.07, 6.45) is 0.489. The molecule has 2 rings (SSSR count). The molecule has 0 saturated heterocycles. The lowest BCUT2D eigenvalue weighted by atomic mass is 10.1. The van der Waals surface area contributed by atoms with Gasteiger partial charge in [0, 0.05) is 16.2 Å². The summed E-state index contributed by atoms with van der Waals surface area (Å²) >= 11 is 1.66. The minimum atomic E-state index is -0.915. The Morgan fingerprint density at radius 1 is 1.05 bits per heavy atom. The lowest BCUT2D eigenvalue weighted by Crippen LogP contribution is -1.99. The van der Waals surface area contributed by atoms with Gasteiger partial charge in [0.05, 0.1) is 0 Å². The highest BCUT2D eigenvalue weighted by atomic mass is 32.2. The number of benzene rings is 2. The second-order valence-corrected chi connectivity index (χ2v) is 5.51. The Hall–Kier alpha value is -2.00. The largest absolute Gasteiger partial charge is 0.478 e. The van der Waals surface area contributed by atoms with E-state index < -0.39 is 5.97 Å². The number of carboxylic acid groups (broad SMARTS) is 1. The van der Waals surface area contributed by atoms with Crippen molar-refractivity contribution >= 4 is 17.7 Å². The van der Waals surface area contributed by atoms with E-state index in [1.165, 1.54) is 11.1 Å². The maximum atomic E-state index is 10.7. The molecule has 0 aromatic heterocycles. The van der Waals surface area contributed by atoms with Crippen LogP contribution in [0.1, 0.15) is 6.42 Å². The zero-order valence-corrected chi connectivity index (χ0v) is 11.9. The predicted molar refractivity (Wildman–Crippen MR) is 84.0 cm³/mol. The highest BCUT2D eigenvalue weighted by Crippen LogP contribution is 2.31. The molecule has 0 heterocycles. The van der Waals surface area contributed by atoms with Gasteiger partial charge in [-0.15, -0.1) is 11.8 Å². The third kappa shape index (κ3) is 3.75.